The Morgan fingerprint density at radius 3 is 2.45 bits per heavy atom. The third-order valence-corrected chi connectivity index (χ3v) is 5.38. The van der Waals surface area contributed by atoms with E-state index in [1.54, 1.807) is 0 Å². The summed E-state index contributed by atoms with van der Waals surface area (Å²) in [5, 5.41) is 0. The van der Waals surface area contributed by atoms with Crippen molar-refractivity contribution in [3.05, 3.63) is 35.4 Å². The standard InChI is InChI=1S/C17H27NO3S/c1-17(2,3)15-8-6-14(7-9-15)10-12-22(19,20)18-13-16-5-4-11-21-16/h6-9,16,18H,4-5,10-13H2,1-3H3. The second-order valence-electron chi connectivity index (χ2n) is 7.00. The minimum absolute atomic E-state index is 0.0424. The molecule has 0 aliphatic carbocycles. The highest BCUT2D eigenvalue weighted by atomic mass is 32.2. The van der Waals surface area contributed by atoms with Crippen LogP contribution in [-0.2, 0) is 26.6 Å². The average molecular weight is 325 g/mol. The Hall–Kier alpha value is -0.910. The van der Waals surface area contributed by atoms with Gasteiger partial charge in [-0.3, -0.25) is 0 Å². The lowest BCUT2D eigenvalue weighted by Crippen LogP contribution is -2.33. The molecule has 1 aromatic rings. The van der Waals surface area contributed by atoms with E-state index < -0.39 is 10.0 Å². The van der Waals surface area contributed by atoms with Gasteiger partial charge in [0.1, 0.15) is 0 Å². The van der Waals surface area contributed by atoms with Crippen LogP contribution in [0.2, 0.25) is 0 Å². The monoisotopic (exact) mass is 325 g/mol. The molecule has 1 aliphatic rings. The first-order valence-corrected chi connectivity index (χ1v) is 9.60. The highest BCUT2D eigenvalue weighted by Crippen LogP contribution is 2.22. The molecule has 0 spiro atoms. The van der Waals surface area contributed by atoms with Crippen LogP contribution in [0.25, 0.3) is 0 Å². The third-order valence-electron chi connectivity index (χ3n) is 4.03. The van der Waals surface area contributed by atoms with Crippen molar-refractivity contribution in [2.75, 3.05) is 18.9 Å². The predicted octanol–water partition coefficient (Wildman–Crippen LogP) is 2.63. The van der Waals surface area contributed by atoms with E-state index in [1.165, 1.54) is 5.56 Å². The number of sulfonamides is 1. The summed E-state index contributed by atoms with van der Waals surface area (Å²) in [4.78, 5) is 0. The first-order valence-electron chi connectivity index (χ1n) is 7.95. The van der Waals surface area contributed by atoms with E-state index in [0.717, 1.165) is 25.0 Å². The molecule has 1 N–H and O–H groups in total. The lowest BCUT2D eigenvalue weighted by Gasteiger charge is -2.19. The minimum Gasteiger partial charge on any atom is -0.377 e. The molecule has 0 amide bonds. The maximum absolute atomic E-state index is 12.0. The maximum atomic E-state index is 12.0. The van der Waals surface area contributed by atoms with Crippen molar-refractivity contribution in [3.63, 3.8) is 0 Å². The number of aryl methyl sites for hydroxylation is 1. The highest BCUT2D eigenvalue weighted by molar-refractivity contribution is 7.89. The summed E-state index contributed by atoms with van der Waals surface area (Å²) < 4.78 is 32.1. The number of hydrogen-bond acceptors (Lipinski definition) is 3. The van der Waals surface area contributed by atoms with E-state index >= 15 is 0 Å². The lowest BCUT2D eigenvalue weighted by atomic mass is 9.86. The fourth-order valence-corrected chi connectivity index (χ4v) is 3.61. The zero-order valence-corrected chi connectivity index (χ0v) is 14.6. The van der Waals surface area contributed by atoms with Gasteiger partial charge in [0.05, 0.1) is 11.9 Å². The second kappa shape index (κ2) is 7.11. The van der Waals surface area contributed by atoms with Gasteiger partial charge in [0, 0.05) is 13.2 Å². The van der Waals surface area contributed by atoms with E-state index in [2.05, 4.69) is 37.6 Å². The molecule has 1 atom stereocenters. The normalized spacial score (nSPS) is 19.5. The molecule has 1 aliphatic heterocycles. The van der Waals surface area contributed by atoms with Crippen LogP contribution < -0.4 is 4.72 Å². The molecule has 5 heteroatoms. The quantitative estimate of drug-likeness (QED) is 0.875. The first-order chi connectivity index (χ1) is 10.3. The Balaban J connectivity index is 1.83. The Bertz CT molecular complexity index is 567. The smallest absolute Gasteiger partial charge is 0.212 e. The van der Waals surface area contributed by atoms with Crippen LogP contribution in [0.1, 0.15) is 44.7 Å². The molecule has 0 saturated carbocycles. The van der Waals surface area contributed by atoms with Crippen LogP contribution in [0.3, 0.4) is 0 Å². The number of hydrogen-bond donors (Lipinski definition) is 1. The fraction of sp³-hybridized carbons (Fsp3) is 0.647. The van der Waals surface area contributed by atoms with Crippen molar-refractivity contribution < 1.29 is 13.2 Å². The zero-order chi connectivity index (χ0) is 16.2. The molecule has 124 valence electrons. The van der Waals surface area contributed by atoms with Gasteiger partial charge in [0.2, 0.25) is 10.0 Å². The van der Waals surface area contributed by atoms with Gasteiger partial charge in [-0.05, 0) is 35.8 Å². The molecule has 1 unspecified atom stereocenters. The van der Waals surface area contributed by atoms with Gasteiger partial charge in [-0.15, -0.1) is 0 Å². The van der Waals surface area contributed by atoms with E-state index in [9.17, 15) is 8.42 Å². The molecule has 1 aromatic carbocycles. The van der Waals surface area contributed by atoms with Gasteiger partial charge in [-0.25, -0.2) is 13.1 Å². The Kier molecular flexibility index (Phi) is 5.64. The van der Waals surface area contributed by atoms with Gasteiger partial charge >= 0.3 is 0 Å². The van der Waals surface area contributed by atoms with Crippen LogP contribution in [0.4, 0.5) is 0 Å². The van der Waals surface area contributed by atoms with Crippen LogP contribution in [0.5, 0.6) is 0 Å². The topological polar surface area (TPSA) is 55.4 Å². The summed E-state index contributed by atoms with van der Waals surface area (Å²) in [6.45, 7) is 7.64. The molecule has 0 radical (unpaired) electrons. The number of nitrogens with one attached hydrogen (secondary N) is 1. The first kappa shape index (κ1) is 17.4. The third kappa shape index (κ3) is 5.38. The SMILES string of the molecule is CC(C)(C)c1ccc(CCS(=O)(=O)NCC2CCCO2)cc1. The summed E-state index contributed by atoms with van der Waals surface area (Å²) in [7, 11) is -3.24. The molecular weight excluding hydrogens is 298 g/mol. The van der Waals surface area contributed by atoms with Gasteiger partial charge in [0.15, 0.2) is 0 Å². The maximum Gasteiger partial charge on any atom is 0.212 e. The van der Waals surface area contributed by atoms with Crippen molar-refractivity contribution in [2.45, 2.75) is 51.6 Å². The van der Waals surface area contributed by atoms with Crippen molar-refractivity contribution >= 4 is 10.0 Å². The van der Waals surface area contributed by atoms with Gasteiger partial charge in [-0.1, -0.05) is 45.0 Å². The molecule has 22 heavy (non-hydrogen) atoms. The van der Waals surface area contributed by atoms with E-state index in [4.69, 9.17) is 4.74 Å². The van der Waals surface area contributed by atoms with Crippen LogP contribution in [0, 0.1) is 0 Å². The van der Waals surface area contributed by atoms with Gasteiger partial charge in [-0.2, -0.15) is 0 Å². The molecule has 1 saturated heterocycles. The van der Waals surface area contributed by atoms with Gasteiger partial charge < -0.3 is 4.74 Å². The van der Waals surface area contributed by atoms with Crippen LogP contribution >= 0.6 is 0 Å². The largest absolute Gasteiger partial charge is 0.377 e. The number of ether oxygens (including phenoxy) is 1. The molecule has 1 heterocycles. The molecular formula is C17H27NO3S. The van der Waals surface area contributed by atoms with Crippen molar-refractivity contribution in [1.82, 2.24) is 4.72 Å². The zero-order valence-electron chi connectivity index (χ0n) is 13.8. The average Bonchev–Trinajstić information content (AvgIpc) is 2.96. The van der Waals surface area contributed by atoms with E-state index in [0.29, 0.717) is 13.0 Å². The molecule has 1 fully saturated rings. The van der Waals surface area contributed by atoms with Crippen molar-refractivity contribution in [3.8, 4) is 0 Å². The fourth-order valence-electron chi connectivity index (χ4n) is 2.52. The summed E-state index contributed by atoms with van der Waals surface area (Å²) >= 11 is 0. The Morgan fingerprint density at radius 1 is 1.23 bits per heavy atom. The van der Waals surface area contributed by atoms with Crippen molar-refractivity contribution in [2.24, 2.45) is 0 Å². The van der Waals surface area contributed by atoms with Crippen LogP contribution in [-0.4, -0.2) is 33.4 Å². The predicted molar refractivity (Wildman–Crippen MR) is 89.6 cm³/mol. The number of benzene rings is 1. The summed E-state index contributed by atoms with van der Waals surface area (Å²) in [6, 6.07) is 8.22. The van der Waals surface area contributed by atoms with E-state index in [1.807, 2.05) is 12.1 Å². The highest BCUT2D eigenvalue weighted by Gasteiger charge is 2.19. The minimum atomic E-state index is -3.24. The van der Waals surface area contributed by atoms with Crippen LogP contribution in [0.15, 0.2) is 24.3 Å². The van der Waals surface area contributed by atoms with E-state index in [-0.39, 0.29) is 17.3 Å². The Morgan fingerprint density at radius 2 is 1.91 bits per heavy atom. The lowest BCUT2D eigenvalue weighted by molar-refractivity contribution is 0.114. The molecule has 4 nitrogen and oxygen atoms in total. The number of rotatable bonds is 6. The second-order valence-corrected chi connectivity index (χ2v) is 8.93. The van der Waals surface area contributed by atoms with Crippen molar-refractivity contribution in [1.29, 1.82) is 0 Å². The molecule has 0 aromatic heterocycles. The Labute approximate surface area is 134 Å². The summed E-state index contributed by atoms with van der Waals surface area (Å²) in [5.41, 5.74) is 2.43. The molecule has 2 rings (SSSR count). The van der Waals surface area contributed by atoms with Gasteiger partial charge in [0.25, 0.3) is 0 Å². The molecule has 0 bridgehead atoms. The summed E-state index contributed by atoms with van der Waals surface area (Å²) in [6.07, 6.45) is 2.54. The summed E-state index contributed by atoms with van der Waals surface area (Å²) in [5.74, 6) is 0.120.